The Balaban J connectivity index is 1.92. The molecule has 2 heterocycles. The fourth-order valence-corrected chi connectivity index (χ4v) is 4.23. The van der Waals surface area contributed by atoms with Gasteiger partial charge in [-0.05, 0) is 18.2 Å². The molecule has 8 heteroatoms. The molecule has 1 aromatic rings. The SMILES string of the molecule is O=S(=O)(c1cc(F)ccc1F)N1CCO[C@]2(CCOC2)C1. The number of morpholine rings is 1. The molecule has 2 aliphatic rings. The fourth-order valence-electron chi connectivity index (χ4n) is 2.66. The molecule has 0 saturated carbocycles. The first-order chi connectivity index (χ1) is 9.93. The van der Waals surface area contributed by atoms with Gasteiger partial charge in [-0.25, -0.2) is 17.2 Å². The number of hydrogen-bond acceptors (Lipinski definition) is 4. The molecule has 0 bridgehead atoms. The van der Waals surface area contributed by atoms with Crippen molar-refractivity contribution in [3.05, 3.63) is 29.8 Å². The Morgan fingerprint density at radius 2 is 2.05 bits per heavy atom. The maximum Gasteiger partial charge on any atom is 0.246 e. The van der Waals surface area contributed by atoms with Crippen LogP contribution in [0, 0.1) is 11.6 Å². The van der Waals surface area contributed by atoms with Gasteiger partial charge in [0.1, 0.15) is 22.1 Å². The van der Waals surface area contributed by atoms with Crippen LogP contribution in [-0.2, 0) is 19.5 Å². The molecule has 0 radical (unpaired) electrons. The first-order valence-corrected chi connectivity index (χ1v) is 8.04. The smallest absolute Gasteiger partial charge is 0.246 e. The predicted molar refractivity (Wildman–Crippen MR) is 69.2 cm³/mol. The van der Waals surface area contributed by atoms with E-state index in [-0.39, 0.29) is 19.7 Å². The van der Waals surface area contributed by atoms with Crippen LogP contribution in [0.15, 0.2) is 23.1 Å². The van der Waals surface area contributed by atoms with E-state index in [1.54, 1.807) is 0 Å². The Morgan fingerprint density at radius 3 is 2.76 bits per heavy atom. The van der Waals surface area contributed by atoms with Crippen LogP contribution in [0.3, 0.4) is 0 Å². The van der Waals surface area contributed by atoms with Crippen molar-refractivity contribution in [2.45, 2.75) is 16.9 Å². The van der Waals surface area contributed by atoms with Crippen LogP contribution in [-0.4, -0.2) is 51.2 Å². The molecule has 1 aromatic carbocycles. The second-order valence-corrected chi connectivity index (χ2v) is 7.15. The molecule has 0 aromatic heterocycles. The third kappa shape index (κ3) is 2.68. The van der Waals surface area contributed by atoms with Gasteiger partial charge < -0.3 is 9.47 Å². The molecule has 0 N–H and O–H groups in total. The molecule has 116 valence electrons. The molecular weight excluding hydrogens is 304 g/mol. The molecule has 1 atom stereocenters. The van der Waals surface area contributed by atoms with E-state index in [0.29, 0.717) is 25.7 Å². The number of nitrogens with zero attached hydrogens (tertiary/aromatic N) is 1. The van der Waals surface area contributed by atoms with E-state index in [2.05, 4.69) is 0 Å². The Morgan fingerprint density at radius 1 is 1.24 bits per heavy atom. The zero-order valence-electron chi connectivity index (χ0n) is 11.2. The minimum atomic E-state index is -4.10. The Hall–Kier alpha value is -1.09. The summed E-state index contributed by atoms with van der Waals surface area (Å²) < 4.78 is 64.1. The van der Waals surface area contributed by atoms with Crippen LogP contribution in [0.5, 0.6) is 0 Å². The van der Waals surface area contributed by atoms with Crippen molar-refractivity contribution < 1.29 is 26.7 Å². The third-order valence-corrected chi connectivity index (χ3v) is 5.65. The molecule has 21 heavy (non-hydrogen) atoms. The summed E-state index contributed by atoms with van der Waals surface area (Å²) in [6, 6.07) is 2.41. The van der Waals surface area contributed by atoms with Crippen molar-refractivity contribution in [3.8, 4) is 0 Å². The predicted octanol–water partition coefficient (Wildman–Crippen LogP) is 1.14. The van der Waals surface area contributed by atoms with Crippen LogP contribution in [0.2, 0.25) is 0 Å². The lowest BCUT2D eigenvalue weighted by Gasteiger charge is -2.38. The van der Waals surface area contributed by atoms with Gasteiger partial charge in [0.15, 0.2) is 0 Å². The van der Waals surface area contributed by atoms with Gasteiger partial charge >= 0.3 is 0 Å². The normalized spacial score (nSPS) is 27.3. The van der Waals surface area contributed by atoms with Gasteiger partial charge in [-0.3, -0.25) is 0 Å². The zero-order chi connectivity index (χ0) is 15.1. The summed E-state index contributed by atoms with van der Waals surface area (Å²) in [5.41, 5.74) is -0.672. The summed E-state index contributed by atoms with van der Waals surface area (Å²) in [6.07, 6.45) is 0.588. The number of halogens is 2. The van der Waals surface area contributed by atoms with E-state index >= 15 is 0 Å². The Labute approximate surface area is 121 Å². The summed E-state index contributed by atoms with van der Waals surface area (Å²) in [7, 11) is -4.10. The Kier molecular flexibility index (Phi) is 3.73. The van der Waals surface area contributed by atoms with E-state index in [0.717, 1.165) is 16.4 Å². The highest BCUT2D eigenvalue weighted by Gasteiger charge is 2.44. The lowest BCUT2D eigenvalue weighted by molar-refractivity contribution is -0.0897. The monoisotopic (exact) mass is 319 g/mol. The molecule has 3 rings (SSSR count). The van der Waals surface area contributed by atoms with Crippen LogP contribution in [0.25, 0.3) is 0 Å². The second kappa shape index (κ2) is 5.28. The first-order valence-electron chi connectivity index (χ1n) is 6.60. The number of benzene rings is 1. The highest BCUT2D eigenvalue weighted by molar-refractivity contribution is 7.89. The van der Waals surface area contributed by atoms with Gasteiger partial charge in [0.2, 0.25) is 10.0 Å². The molecule has 0 unspecified atom stereocenters. The number of sulfonamides is 1. The van der Waals surface area contributed by atoms with E-state index in [1.807, 2.05) is 0 Å². The molecule has 2 fully saturated rings. The van der Waals surface area contributed by atoms with Gasteiger partial charge in [-0.1, -0.05) is 0 Å². The molecular formula is C13H15F2NO4S. The lowest BCUT2D eigenvalue weighted by Crippen LogP contribution is -2.54. The summed E-state index contributed by atoms with van der Waals surface area (Å²) in [5, 5.41) is 0. The van der Waals surface area contributed by atoms with Crippen molar-refractivity contribution in [1.29, 1.82) is 0 Å². The van der Waals surface area contributed by atoms with Crippen molar-refractivity contribution in [1.82, 2.24) is 4.31 Å². The van der Waals surface area contributed by atoms with Crippen LogP contribution in [0.1, 0.15) is 6.42 Å². The summed E-state index contributed by atoms with van der Waals surface area (Å²) in [4.78, 5) is -0.640. The number of hydrogen-bond donors (Lipinski definition) is 0. The Bertz CT molecular complexity index is 644. The molecule has 2 aliphatic heterocycles. The van der Waals surface area contributed by atoms with E-state index < -0.39 is 32.2 Å². The maximum absolute atomic E-state index is 13.8. The summed E-state index contributed by atoms with van der Waals surface area (Å²) in [5.74, 6) is -1.75. The summed E-state index contributed by atoms with van der Waals surface area (Å²) >= 11 is 0. The van der Waals surface area contributed by atoms with Gasteiger partial charge in [0, 0.05) is 26.1 Å². The standard InChI is InChI=1S/C13H15F2NO4S/c14-10-1-2-11(15)12(7-10)21(17,18)16-4-6-20-13(8-16)3-5-19-9-13/h1-2,7H,3-6,8-9H2/t13-/m1/s1. The van der Waals surface area contributed by atoms with Gasteiger partial charge in [0.05, 0.1) is 13.2 Å². The topological polar surface area (TPSA) is 55.8 Å². The molecule has 2 saturated heterocycles. The van der Waals surface area contributed by atoms with E-state index in [4.69, 9.17) is 9.47 Å². The summed E-state index contributed by atoms with van der Waals surface area (Å²) in [6.45, 7) is 1.22. The highest BCUT2D eigenvalue weighted by Crippen LogP contribution is 2.31. The lowest BCUT2D eigenvalue weighted by atomic mass is 10.0. The molecule has 0 aliphatic carbocycles. The van der Waals surface area contributed by atoms with Crippen molar-refractivity contribution >= 4 is 10.0 Å². The zero-order valence-corrected chi connectivity index (χ0v) is 12.0. The molecule has 0 amide bonds. The van der Waals surface area contributed by atoms with Crippen LogP contribution in [0.4, 0.5) is 8.78 Å². The largest absolute Gasteiger partial charge is 0.378 e. The minimum absolute atomic E-state index is 0.0886. The fraction of sp³-hybridized carbons (Fsp3) is 0.538. The molecule has 5 nitrogen and oxygen atoms in total. The second-order valence-electron chi connectivity index (χ2n) is 5.25. The van der Waals surface area contributed by atoms with E-state index in [9.17, 15) is 17.2 Å². The average Bonchev–Trinajstić information content (AvgIpc) is 2.89. The highest BCUT2D eigenvalue weighted by atomic mass is 32.2. The van der Waals surface area contributed by atoms with Gasteiger partial charge in [-0.2, -0.15) is 4.31 Å². The number of rotatable bonds is 2. The minimum Gasteiger partial charge on any atom is -0.378 e. The van der Waals surface area contributed by atoms with E-state index in [1.165, 1.54) is 0 Å². The van der Waals surface area contributed by atoms with Gasteiger partial charge in [-0.15, -0.1) is 0 Å². The van der Waals surface area contributed by atoms with Crippen molar-refractivity contribution in [2.24, 2.45) is 0 Å². The average molecular weight is 319 g/mol. The van der Waals surface area contributed by atoms with Crippen molar-refractivity contribution in [3.63, 3.8) is 0 Å². The van der Waals surface area contributed by atoms with Crippen LogP contribution >= 0.6 is 0 Å². The first kappa shape index (κ1) is 14.8. The third-order valence-electron chi connectivity index (χ3n) is 3.79. The maximum atomic E-state index is 13.8. The quantitative estimate of drug-likeness (QED) is 0.820. The van der Waals surface area contributed by atoms with Crippen molar-refractivity contribution in [2.75, 3.05) is 32.9 Å². The number of ether oxygens (including phenoxy) is 2. The van der Waals surface area contributed by atoms with Crippen LogP contribution < -0.4 is 0 Å². The van der Waals surface area contributed by atoms with Gasteiger partial charge in [0.25, 0.3) is 0 Å². The molecule has 1 spiro atoms.